The van der Waals surface area contributed by atoms with Gasteiger partial charge < -0.3 is 14.7 Å². The van der Waals surface area contributed by atoms with Crippen molar-refractivity contribution in [1.29, 1.82) is 0 Å². The highest BCUT2D eigenvalue weighted by Gasteiger charge is 2.47. The van der Waals surface area contributed by atoms with Gasteiger partial charge in [-0.1, -0.05) is 36.4 Å². The summed E-state index contributed by atoms with van der Waals surface area (Å²) in [6.45, 7) is 5.11. The molecule has 2 saturated heterocycles. The Balaban J connectivity index is 1.57. The van der Waals surface area contributed by atoms with Gasteiger partial charge in [0.05, 0.1) is 48.0 Å². The van der Waals surface area contributed by atoms with E-state index in [0.717, 1.165) is 5.69 Å². The van der Waals surface area contributed by atoms with Crippen molar-refractivity contribution in [2.24, 2.45) is 0 Å². The lowest BCUT2D eigenvalue weighted by molar-refractivity contribution is -0.140. The van der Waals surface area contributed by atoms with Gasteiger partial charge in [-0.15, -0.1) is 0 Å². The van der Waals surface area contributed by atoms with Crippen molar-refractivity contribution in [2.75, 3.05) is 39.4 Å². The Hall–Kier alpha value is -3.82. The Kier molecular flexibility index (Phi) is 6.67. The molecule has 1 amide bonds. The predicted octanol–water partition coefficient (Wildman–Crippen LogP) is 3.07. The van der Waals surface area contributed by atoms with Crippen LogP contribution in [0, 0.1) is 12.7 Å². The summed E-state index contributed by atoms with van der Waals surface area (Å²) in [5, 5.41) is 15.8. The minimum Gasteiger partial charge on any atom is -0.507 e. The molecule has 3 heterocycles. The van der Waals surface area contributed by atoms with E-state index in [1.165, 1.54) is 17.2 Å². The number of para-hydroxylation sites is 1. The number of aliphatic hydroxyl groups is 1. The fourth-order valence-electron chi connectivity index (χ4n) is 4.82. The first-order valence-corrected chi connectivity index (χ1v) is 11.9. The second kappa shape index (κ2) is 10.0. The maximum atomic E-state index is 15.0. The zero-order valence-electron chi connectivity index (χ0n) is 19.9. The van der Waals surface area contributed by atoms with Gasteiger partial charge in [0, 0.05) is 31.7 Å². The molecule has 1 unspecified atom stereocenters. The molecule has 0 bridgehead atoms. The number of aliphatic hydroxyl groups excluding tert-OH is 1. The third-order valence-corrected chi connectivity index (χ3v) is 6.77. The lowest BCUT2D eigenvalue weighted by Crippen LogP contribution is -2.42. The van der Waals surface area contributed by atoms with E-state index in [1.54, 1.807) is 29.8 Å². The van der Waals surface area contributed by atoms with Crippen LogP contribution >= 0.6 is 0 Å². The Labute approximate surface area is 208 Å². The number of amides is 1. The van der Waals surface area contributed by atoms with Crippen molar-refractivity contribution >= 4 is 17.4 Å². The van der Waals surface area contributed by atoms with E-state index >= 15 is 4.39 Å². The average Bonchev–Trinajstić information content (AvgIpc) is 3.41. The molecule has 5 rings (SSSR count). The number of halogens is 1. The minimum absolute atomic E-state index is 0.136. The smallest absolute Gasteiger partial charge is 0.295 e. The number of hydrogen-bond donors (Lipinski definition) is 1. The van der Waals surface area contributed by atoms with Crippen LogP contribution in [0.4, 0.5) is 4.39 Å². The number of carbonyl (C=O) groups is 2. The Bertz CT molecular complexity index is 1310. The maximum absolute atomic E-state index is 15.0. The third-order valence-electron chi connectivity index (χ3n) is 6.77. The van der Waals surface area contributed by atoms with Crippen molar-refractivity contribution in [3.8, 4) is 5.69 Å². The summed E-state index contributed by atoms with van der Waals surface area (Å²) in [5.41, 5.74) is 1.71. The van der Waals surface area contributed by atoms with Crippen LogP contribution in [0.15, 0.2) is 66.4 Å². The van der Waals surface area contributed by atoms with E-state index < -0.39 is 23.5 Å². The highest BCUT2D eigenvalue weighted by Crippen LogP contribution is 2.40. The van der Waals surface area contributed by atoms with E-state index in [9.17, 15) is 14.7 Å². The number of carbonyl (C=O) groups excluding carboxylic acids is 2. The molecule has 1 aromatic heterocycles. The van der Waals surface area contributed by atoms with E-state index in [4.69, 9.17) is 4.74 Å². The number of benzene rings is 2. The molecular formula is C27H27FN4O4. The molecule has 1 N–H and O–H groups in total. The summed E-state index contributed by atoms with van der Waals surface area (Å²) in [4.78, 5) is 29.9. The summed E-state index contributed by atoms with van der Waals surface area (Å²) in [6.07, 6.45) is 1.46. The van der Waals surface area contributed by atoms with Gasteiger partial charge in [-0.05, 0) is 25.1 Å². The van der Waals surface area contributed by atoms with Gasteiger partial charge in [-0.2, -0.15) is 5.10 Å². The monoisotopic (exact) mass is 490 g/mol. The number of nitrogens with zero attached hydrogens (tertiary/aromatic N) is 4. The average molecular weight is 491 g/mol. The molecule has 0 saturated carbocycles. The lowest BCUT2D eigenvalue weighted by Gasteiger charge is -2.31. The van der Waals surface area contributed by atoms with Crippen LogP contribution in [-0.2, 0) is 14.3 Å². The normalized spacial score (nSPS) is 20.3. The highest BCUT2D eigenvalue weighted by molar-refractivity contribution is 6.46. The molecule has 0 aliphatic carbocycles. The standard InChI is InChI=1S/C27H27FN4O4/c1-18-21(17-29-32(18)19-7-3-2-4-8-19)25(33)23-24(20-9-5-6-10-22(20)28)31(27(35)26(23)34)12-11-30-13-15-36-16-14-30/h2-10,17,24,33H,11-16H2,1H3/b25-23-. The number of aromatic nitrogens is 2. The molecule has 0 radical (unpaired) electrons. The predicted molar refractivity (Wildman–Crippen MR) is 131 cm³/mol. The molecule has 2 fully saturated rings. The van der Waals surface area contributed by atoms with Crippen LogP contribution in [0.3, 0.4) is 0 Å². The van der Waals surface area contributed by atoms with Crippen LogP contribution in [0.25, 0.3) is 11.4 Å². The topological polar surface area (TPSA) is 87.9 Å². The van der Waals surface area contributed by atoms with E-state index in [1.807, 2.05) is 30.3 Å². The van der Waals surface area contributed by atoms with Gasteiger partial charge in [-0.25, -0.2) is 9.07 Å². The molecule has 3 aromatic rings. The highest BCUT2D eigenvalue weighted by atomic mass is 19.1. The van der Waals surface area contributed by atoms with Gasteiger partial charge in [0.2, 0.25) is 0 Å². The largest absolute Gasteiger partial charge is 0.507 e. The molecule has 186 valence electrons. The summed E-state index contributed by atoms with van der Waals surface area (Å²) in [5.74, 6) is -2.51. The Morgan fingerprint density at radius 2 is 1.75 bits per heavy atom. The van der Waals surface area contributed by atoms with Crippen LogP contribution < -0.4 is 0 Å². The van der Waals surface area contributed by atoms with Gasteiger partial charge in [-0.3, -0.25) is 14.5 Å². The number of ether oxygens (including phenoxy) is 1. The molecule has 1 atom stereocenters. The zero-order valence-corrected chi connectivity index (χ0v) is 19.9. The molecule has 2 aliphatic rings. The Morgan fingerprint density at radius 3 is 2.47 bits per heavy atom. The lowest BCUT2D eigenvalue weighted by atomic mass is 9.95. The summed E-state index contributed by atoms with van der Waals surface area (Å²) in [6, 6.07) is 14.3. The van der Waals surface area contributed by atoms with Crippen molar-refractivity contribution in [3.63, 3.8) is 0 Å². The zero-order chi connectivity index (χ0) is 25.2. The SMILES string of the molecule is Cc1c(/C(O)=C2/C(=O)C(=O)N(CCN3CCOCC3)C2c2ccccc2F)cnn1-c1ccccc1. The van der Waals surface area contributed by atoms with Gasteiger partial charge in [0.25, 0.3) is 11.7 Å². The van der Waals surface area contributed by atoms with Crippen LogP contribution in [-0.4, -0.2) is 75.8 Å². The first kappa shape index (κ1) is 23.9. The molecule has 2 aliphatic heterocycles. The van der Waals surface area contributed by atoms with Crippen LogP contribution in [0.1, 0.15) is 22.9 Å². The van der Waals surface area contributed by atoms with Crippen molar-refractivity contribution in [1.82, 2.24) is 19.6 Å². The van der Waals surface area contributed by atoms with E-state index in [-0.39, 0.29) is 23.4 Å². The molecule has 36 heavy (non-hydrogen) atoms. The fraction of sp³-hybridized carbons (Fsp3) is 0.296. The summed E-state index contributed by atoms with van der Waals surface area (Å²) < 4.78 is 22.0. The second-order valence-electron chi connectivity index (χ2n) is 8.86. The number of Topliss-reactive ketones (excluding diaryl/α,β-unsaturated/α-hetero) is 1. The quantitative estimate of drug-likeness (QED) is 0.325. The van der Waals surface area contributed by atoms with E-state index in [2.05, 4.69) is 10.00 Å². The number of likely N-dealkylation sites (tertiary alicyclic amines) is 1. The third kappa shape index (κ3) is 4.31. The first-order chi connectivity index (χ1) is 17.5. The second-order valence-corrected chi connectivity index (χ2v) is 8.86. The summed E-state index contributed by atoms with van der Waals surface area (Å²) >= 11 is 0. The van der Waals surface area contributed by atoms with Crippen molar-refractivity contribution < 1.29 is 23.8 Å². The number of hydrogen-bond acceptors (Lipinski definition) is 6. The summed E-state index contributed by atoms with van der Waals surface area (Å²) in [7, 11) is 0. The minimum atomic E-state index is -1.05. The fourth-order valence-corrected chi connectivity index (χ4v) is 4.82. The van der Waals surface area contributed by atoms with Gasteiger partial charge in [0.1, 0.15) is 11.6 Å². The molecule has 0 spiro atoms. The molecule has 2 aromatic carbocycles. The van der Waals surface area contributed by atoms with Crippen LogP contribution in [0.2, 0.25) is 0 Å². The maximum Gasteiger partial charge on any atom is 0.295 e. The molecule has 9 heteroatoms. The van der Waals surface area contributed by atoms with Crippen molar-refractivity contribution in [3.05, 3.63) is 89.0 Å². The first-order valence-electron chi connectivity index (χ1n) is 11.9. The van der Waals surface area contributed by atoms with Gasteiger partial charge in [0.15, 0.2) is 0 Å². The Morgan fingerprint density at radius 1 is 1.06 bits per heavy atom. The van der Waals surface area contributed by atoms with Crippen LogP contribution in [0.5, 0.6) is 0 Å². The van der Waals surface area contributed by atoms with Gasteiger partial charge >= 0.3 is 0 Å². The number of ketones is 1. The molecular weight excluding hydrogens is 463 g/mol. The molecule has 8 nitrogen and oxygen atoms in total. The van der Waals surface area contributed by atoms with E-state index in [0.29, 0.717) is 44.1 Å². The van der Waals surface area contributed by atoms with Crippen molar-refractivity contribution in [2.45, 2.75) is 13.0 Å². The number of rotatable bonds is 6. The number of morpholine rings is 1.